The van der Waals surface area contributed by atoms with Gasteiger partial charge in [0.2, 0.25) is 0 Å². The van der Waals surface area contributed by atoms with Crippen LogP contribution in [-0.4, -0.2) is 91.8 Å². The topological polar surface area (TPSA) is 63.8 Å². The number of epoxide rings is 1. The Bertz CT molecular complexity index is 667. The Balaban J connectivity index is 1.67. The molecular weight excluding hydrogens is 408 g/mol. The third kappa shape index (κ3) is 5.49. The van der Waals surface area contributed by atoms with Crippen molar-refractivity contribution in [2.24, 2.45) is 5.92 Å². The number of allylic oxidation sites excluding steroid dienone is 1. The molecule has 2 aliphatic heterocycles. The van der Waals surface area contributed by atoms with Crippen molar-refractivity contribution < 1.29 is 23.7 Å². The lowest BCUT2D eigenvalue weighted by Gasteiger charge is -2.48. The average Bonchev–Trinajstić information content (AvgIpc) is 3.48. The summed E-state index contributed by atoms with van der Waals surface area (Å²) in [5, 5.41) is 0. The fourth-order valence-corrected chi connectivity index (χ4v) is 5.44. The van der Waals surface area contributed by atoms with Crippen molar-refractivity contribution in [1.82, 2.24) is 9.80 Å². The van der Waals surface area contributed by atoms with Crippen LogP contribution >= 0.6 is 0 Å². The van der Waals surface area contributed by atoms with Crippen molar-refractivity contribution >= 4 is 6.09 Å². The predicted octanol–water partition coefficient (Wildman–Crippen LogP) is 3.86. The van der Waals surface area contributed by atoms with Crippen LogP contribution in [0.3, 0.4) is 0 Å². The second-order valence-electron chi connectivity index (χ2n) is 10.3. The van der Waals surface area contributed by atoms with E-state index in [2.05, 4.69) is 52.5 Å². The molecule has 0 bridgehead atoms. The zero-order chi connectivity index (χ0) is 23.5. The largest absolute Gasteiger partial charge is 0.443 e. The predicted molar refractivity (Wildman–Crippen MR) is 125 cm³/mol. The molecule has 2 saturated heterocycles. The molecule has 3 rings (SSSR count). The summed E-state index contributed by atoms with van der Waals surface area (Å²) < 4.78 is 24.4. The van der Waals surface area contributed by atoms with Gasteiger partial charge in [0.25, 0.3) is 0 Å². The summed E-state index contributed by atoms with van der Waals surface area (Å²) in [5.74, 6) is -0.0139. The van der Waals surface area contributed by atoms with Gasteiger partial charge >= 0.3 is 6.09 Å². The lowest BCUT2D eigenvalue weighted by Crippen LogP contribution is -2.61. The summed E-state index contributed by atoms with van der Waals surface area (Å²) >= 11 is 0. The number of likely N-dealkylation sites (tertiary alicyclic amines) is 1. The molecule has 3 aliphatic rings. The van der Waals surface area contributed by atoms with Gasteiger partial charge in [-0.2, -0.15) is 0 Å². The highest BCUT2D eigenvalue weighted by molar-refractivity contribution is 5.69. The Hall–Kier alpha value is -1.15. The molecule has 1 spiro atoms. The van der Waals surface area contributed by atoms with Crippen molar-refractivity contribution in [3.05, 3.63) is 11.6 Å². The summed E-state index contributed by atoms with van der Waals surface area (Å²) in [6.07, 6.45) is 3.95. The molecule has 184 valence electrons. The number of methoxy groups -OCH3 is 1. The summed E-state index contributed by atoms with van der Waals surface area (Å²) in [5.41, 5.74) is 0.516. The number of amides is 1. The van der Waals surface area contributed by atoms with Crippen LogP contribution in [0.1, 0.15) is 60.8 Å². The lowest BCUT2D eigenvalue weighted by molar-refractivity contribution is -0.175. The van der Waals surface area contributed by atoms with Gasteiger partial charge < -0.3 is 28.7 Å². The average molecular weight is 453 g/mol. The Labute approximate surface area is 194 Å². The standard InChI is InChI=1S/C25H44N2O5/c1-8-26(9-2)16-19-11-14-27(19)23(28)32-20-10-13-25(17-31-25)22(21(20)29-7)24(5,6)30-15-12-18(3)4/h12,19-22H,8-11,13-17H2,1-7H3/t19-,20+,21+,22+,25-/m0/s1. The van der Waals surface area contributed by atoms with E-state index in [0.717, 1.165) is 45.4 Å². The molecule has 2 heterocycles. The van der Waals surface area contributed by atoms with Crippen LogP contribution in [0, 0.1) is 5.92 Å². The molecule has 1 aliphatic carbocycles. The molecule has 7 heteroatoms. The first-order valence-electron chi connectivity index (χ1n) is 12.3. The molecular formula is C25H44N2O5. The number of likely N-dealkylation sites (N-methyl/N-ethyl adjacent to an activating group) is 1. The van der Waals surface area contributed by atoms with E-state index in [4.69, 9.17) is 18.9 Å². The normalized spacial score (nSPS) is 32.1. The fourth-order valence-electron chi connectivity index (χ4n) is 5.44. The number of carbonyl (C=O) groups is 1. The van der Waals surface area contributed by atoms with Crippen molar-refractivity contribution in [2.75, 3.05) is 46.5 Å². The maximum atomic E-state index is 13.1. The van der Waals surface area contributed by atoms with Crippen molar-refractivity contribution in [2.45, 2.75) is 90.3 Å². The first-order valence-corrected chi connectivity index (χ1v) is 12.3. The van der Waals surface area contributed by atoms with Gasteiger partial charge in [0.15, 0.2) is 0 Å². The molecule has 5 atom stereocenters. The first kappa shape index (κ1) is 25.5. The lowest BCUT2D eigenvalue weighted by atomic mass is 9.68. The quantitative estimate of drug-likeness (QED) is 0.370. The van der Waals surface area contributed by atoms with Crippen LogP contribution in [0.25, 0.3) is 0 Å². The molecule has 0 aromatic carbocycles. The molecule has 1 amide bonds. The Kier molecular flexibility index (Phi) is 8.29. The molecule has 0 N–H and O–H groups in total. The minimum Gasteiger partial charge on any atom is -0.443 e. The van der Waals surface area contributed by atoms with Gasteiger partial charge in [0.1, 0.15) is 12.2 Å². The summed E-state index contributed by atoms with van der Waals surface area (Å²) in [6, 6.07) is 0.240. The number of carbonyl (C=O) groups excluding carboxylic acids is 1. The van der Waals surface area contributed by atoms with E-state index in [1.165, 1.54) is 5.57 Å². The van der Waals surface area contributed by atoms with Gasteiger partial charge in [-0.25, -0.2) is 4.79 Å². The third-order valence-electron chi connectivity index (χ3n) is 7.59. The van der Waals surface area contributed by atoms with Crippen molar-refractivity contribution in [3.8, 4) is 0 Å². The smallest absolute Gasteiger partial charge is 0.410 e. The third-order valence-corrected chi connectivity index (χ3v) is 7.59. The van der Waals surface area contributed by atoms with Crippen LogP contribution < -0.4 is 0 Å². The van der Waals surface area contributed by atoms with E-state index >= 15 is 0 Å². The van der Waals surface area contributed by atoms with E-state index in [1.807, 2.05) is 4.90 Å². The van der Waals surface area contributed by atoms with Crippen molar-refractivity contribution in [1.29, 1.82) is 0 Å². The summed E-state index contributed by atoms with van der Waals surface area (Å²) in [7, 11) is 1.71. The van der Waals surface area contributed by atoms with Crippen LogP contribution in [-0.2, 0) is 18.9 Å². The minimum absolute atomic E-state index is 0.0139. The van der Waals surface area contributed by atoms with Gasteiger partial charge in [0.05, 0.1) is 24.4 Å². The van der Waals surface area contributed by atoms with Crippen molar-refractivity contribution in [3.63, 3.8) is 0 Å². The molecule has 0 aromatic rings. The number of hydrogen-bond acceptors (Lipinski definition) is 6. The van der Waals surface area contributed by atoms with Crippen LogP contribution in [0.2, 0.25) is 0 Å². The number of ether oxygens (including phenoxy) is 4. The van der Waals surface area contributed by atoms with E-state index in [0.29, 0.717) is 13.2 Å². The zero-order valence-electron chi connectivity index (χ0n) is 21.2. The van der Waals surface area contributed by atoms with E-state index in [-0.39, 0.29) is 35.9 Å². The minimum atomic E-state index is -0.476. The first-order chi connectivity index (χ1) is 15.2. The van der Waals surface area contributed by atoms with Gasteiger partial charge in [-0.1, -0.05) is 25.5 Å². The number of nitrogens with zero attached hydrogens (tertiary/aromatic N) is 2. The highest BCUT2D eigenvalue weighted by Crippen LogP contribution is 2.52. The van der Waals surface area contributed by atoms with E-state index < -0.39 is 5.60 Å². The number of rotatable bonds is 10. The highest BCUT2D eigenvalue weighted by atomic mass is 16.6. The second kappa shape index (κ2) is 10.4. The van der Waals surface area contributed by atoms with E-state index in [1.54, 1.807) is 7.11 Å². The monoisotopic (exact) mass is 452 g/mol. The zero-order valence-corrected chi connectivity index (χ0v) is 21.2. The molecule has 32 heavy (non-hydrogen) atoms. The van der Waals surface area contributed by atoms with Gasteiger partial charge in [0, 0.05) is 32.2 Å². The Morgan fingerprint density at radius 2 is 1.94 bits per heavy atom. The van der Waals surface area contributed by atoms with Crippen LogP contribution in [0.15, 0.2) is 11.6 Å². The summed E-state index contributed by atoms with van der Waals surface area (Å²) in [6.45, 7) is 17.6. The second-order valence-corrected chi connectivity index (χ2v) is 10.3. The Morgan fingerprint density at radius 1 is 1.25 bits per heavy atom. The molecule has 0 radical (unpaired) electrons. The van der Waals surface area contributed by atoms with Crippen LogP contribution in [0.4, 0.5) is 4.79 Å². The SMILES string of the molecule is CCN(CC)C[C@@H]1CCN1C(=O)O[C@@H]1CC[C@]2(CO2)[C@@H](C(C)(C)OCC=C(C)C)[C@@H]1OC. The summed E-state index contributed by atoms with van der Waals surface area (Å²) in [4.78, 5) is 17.3. The van der Waals surface area contributed by atoms with Crippen LogP contribution in [0.5, 0.6) is 0 Å². The maximum Gasteiger partial charge on any atom is 0.410 e. The van der Waals surface area contributed by atoms with Gasteiger partial charge in [-0.3, -0.25) is 0 Å². The van der Waals surface area contributed by atoms with E-state index in [9.17, 15) is 4.79 Å². The molecule has 3 fully saturated rings. The molecule has 1 saturated carbocycles. The van der Waals surface area contributed by atoms with Gasteiger partial charge in [-0.15, -0.1) is 0 Å². The van der Waals surface area contributed by atoms with Gasteiger partial charge in [-0.05, 0) is 60.0 Å². The number of hydrogen-bond donors (Lipinski definition) is 0. The Morgan fingerprint density at radius 3 is 2.44 bits per heavy atom. The molecule has 0 unspecified atom stereocenters. The molecule has 7 nitrogen and oxygen atoms in total. The fraction of sp³-hybridized carbons (Fsp3) is 0.880. The highest BCUT2D eigenvalue weighted by Gasteiger charge is 2.64. The molecule has 0 aromatic heterocycles. The maximum absolute atomic E-state index is 13.1.